The molecule has 6 nitrogen and oxygen atoms in total. The Labute approximate surface area is 194 Å². The van der Waals surface area contributed by atoms with E-state index in [0.29, 0.717) is 32.3 Å². The molecule has 0 aliphatic rings. The van der Waals surface area contributed by atoms with Gasteiger partial charge in [-0.05, 0) is 37.3 Å². The highest BCUT2D eigenvalue weighted by molar-refractivity contribution is 14.0. The van der Waals surface area contributed by atoms with E-state index in [1.165, 1.54) is 5.56 Å². The van der Waals surface area contributed by atoms with Crippen molar-refractivity contribution in [2.45, 2.75) is 47.3 Å². The predicted molar refractivity (Wildman–Crippen MR) is 131 cm³/mol. The van der Waals surface area contributed by atoms with Crippen molar-refractivity contribution >= 4 is 29.9 Å². The molecule has 29 heavy (non-hydrogen) atoms. The Morgan fingerprint density at radius 2 is 1.76 bits per heavy atom. The zero-order valence-corrected chi connectivity index (χ0v) is 20.9. The Balaban J connectivity index is 0.00000784. The van der Waals surface area contributed by atoms with Crippen LogP contribution >= 0.6 is 24.0 Å². The molecule has 0 radical (unpaired) electrons. The van der Waals surface area contributed by atoms with Crippen molar-refractivity contribution in [1.82, 2.24) is 10.6 Å². The summed E-state index contributed by atoms with van der Waals surface area (Å²) in [5, 5.41) is 6.66. The molecule has 7 heteroatoms. The standard InChI is InChI=1S/C22H39N3O3.HI/c1-5-23-22(24-11-8-12-27-17-19(3)4)25-16-20-9-7-10-21(15-20)18-28-14-13-26-6-2;/h7,9-10,15,19H,5-6,8,11-14,16-18H2,1-4H3,(H2,23,24,25);1H. The molecular formula is C22H40IN3O3. The molecule has 0 bridgehead atoms. The molecule has 1 aromatic carbocycles. The van der Waals surface area contributed by atoms with Gasteiger partial charge < -0.3 is 24.8 Å². The summed E-state index contributed by atoms with van der Waals surface area (Å²) >= 11 is 0. The highest BCUT2D eigenvalue weighted by Crippen LogP contribution is 2.08. The Hall–Kier alpha value is -0.900. The van der Waals surface area contributed by atoms with Crippen LogP contribution in [0.25, 0.3) is 0 Å². The highest BCUT2D eigenvalue weighted by atomic mass is 127. The SMILES string of the molecule is CCNC(=NCc1cccc(COCCOCC)c1)NCCCOCC(C)C.I. The second kappa shape index (κ2) is 19.1. The first kappa shape index (κ1) is 28.1. The lowest BCUT2D eigenvalue weighted by molar-refractivity contribution is 0.0453. The van der Waals surface area contributed by atoms with Gasteiger partial charge in [0.1, 0.15) is 0 Å². The van der Waals surface area contributed by atoms with Crippen LogP contribution in [0.5, 0.6) is 0 Å². The summed E-state index contributed by atoms with van der Waals surface area (Å²) in [5.74, 6) is 1.42. The molecule has 0 aromatic heterocycles. The highest BCUT2D eigenvalue weighted by Gasteiger charge is 2.00. The Bertz CT molecular complexity index is 542. The van der Waals surface area contributed by atoms with E-state index in [0.717, 1.165) is 50.9 Å². The van der Waals surface area contributed by atoms with E-state index in [9.17, 15) is 0 Å². The number of ether oxygens (including phenoxy) is 3. The molecular weight excluding hydrogens is 481 g/mol. The van der Waals surface area contributed by atoms with Gasteiger partial charge in [0, 0.05) is 32.9 Å². The van der Waals surface area contributed by atoms with Crippen LogP contribution in [-0.4, -0.2) is 52.1 Å². The topological polar surface area (TPSA) is 64.1 Å². The summed E-state index contributed by atoms with van der Waals surface area (Å²) < 4.78 is 16.5. The quantitative estimate of drug-likeness (QED) is 0.158. The first-order valence-electron chi connectivity index (χ1n) is 10.5. The molecule has 0 aliphatic carbocycles. The van der Waals surface area contributed by atoms with E-state index in [1.54, 1.807) is 0 Å². The van der Waals surface area contributed by atoms with Crippen molar-refractivity contribution < 1.29 is 14.2 Å². The lowest BCUT2D eigenvalue weighted by Crippen LogP contribution is -2.38. The number of hydrogen-bond donors (Lipinski definition) is 2. The zero-order valence-electron chi connectivity index (χ0n) is 18.5. The summed E-state index contributed by atoms with van der Waals surface area (Å²) in [4.78, 5) is 4.68. The molecule has 0 atom stereocenters. The number of halogens is 1. The number of nitrogens with zero attached hydrogens (tertiary/aromatic N) is 1. The van der Waals surface area contributed by atoms with E-state index in [1.807, 2.05) is 6.92 Å². The molecule has 0 amide bonds. The van der Waals surface area contributed by atoms with Gasteiger partial charge in [0.25, 0.3) is 0 Å². The zero-order chi connectivity index (χ0) is 20.5. The smallest absolute Gasteiger partial charge is 0.191 e. The summed E-state index contributed by atoms with van der Waals surface area (Å²) in [7, 11) is 0. The molecule has 1 aromatic rings. The molecule has 0 saturated carbocycles. The minimum Gasteiger partial charge on any atom is -0.381 e. The van der Waals surface area contributed by atoms with E-state index in [4.69, 9.17) is 14.2 Å². The molecule has 0 fully saturated rings. The normalized spacial score (nSPS) is 11.4. The van der Waals surface area contributed by atoms with Gasteiger partial charge in [-0.3, -0.25) is 0 Å². The van der Waals surface area contributed by atoms with Crippen LogP contribution < -0.4 is 10.6 Å². The number of benzene rings is 1. The summed E-state index contributed by atoms with van der Waals surface area (Å²) in [6, 6.07) is 8.37. The van der Waals surface area contributed by atoms with E-state index in [2.05, 4.69) is 60.7 Å². The third-order valence-corrected chi connectivity index (χ3v) is 3.81. The maximum absolute atomic E-state index is 5.64. The lowest BCUT2D eigenvalue weighted by atomic mass is 10.1. The van der Waals surface area contributed by atoms with Crippen molar-refractivity contribution in [3.05, 3.63) is 35.4 Å². The van der Waals surface area contributed by atoms with Crippen LogP contribution in [0.2, 0.25) is 0 Å². The lowest BCUT2D eigenvalue weighted by Gasteiger charge is -2.12. The second-order valence-electron chi connectivity index (χ2n) is 7.01. The maximum Gasteiger partial charge on any atom is 0.191 e. The minimum atomic E-state index is 0. The summed E-state index contributed by atoms with van der Waals surface area (Å²) in [6.45, 7) is 14.9. The Kier molecular flexibility index (Phi) is 18.5. The fourth-order valence-corrected chi connectivity index (χ4v) is 2.48. The number of hydrogen-bond acceptors (Lipinski definition) is 4. The van der Waals surface area contributed by atoms with Gasteiger partial charge in [-0.2, -0.15) is 0 Å². The number of guanidine groups is 1. The van der Waals surface area contributed by atoms with Crippen LogP contribution in [0.4, 0.5) is 0 Å². The first-order valence-corrected chi connectivity index (χ1v) is 10.5. The molecule has 0 saturated heterocycles. The number of aliphatic imine (C=N–C) groups is 1. The van der Waals surface area contributed by atoms with Gasteiger partial charge in [-0.1, -0.05) is 38.1 Å². The average molecular weight is 521 g/mol. The van der Waals surface area contributed by atoms with Gasteiger partial charge >= 0.3 is 0 Å². The number of nitrogens with one attached hydrogen (secondary N) is 2. The predicted octanol–water partition coefficient (Wildman–Crippen LogP) is 3.98. The minimum absolute atomic E-state index is 0. The molecule has 0 aliphatic heterocycles. The fourth-order valence-electron chi connectivity index (χ4n) is 2.48. The van der Waals surface area contributed by atoms with Crippen molar-refractivity contribution in [1.29, 1.82) is 0 Å². The van der Waals surface area contributed by atoms with Crippen LogP contribution in [0.3, 0.4) is 0 Å². The third kappa shape index (κ3) is 15.6. The maximum atomic E-state index is 5.64. The molecule has 168 valence electrons. The molecule has 0 unspecified atom stereocenters. The second-order valence-corrected chi connectivity index (χ2v) is 7.01. The van der Waals surface area contributed by atoms with Gasteiger partial charge in [0.05, 0.1) is 26.4 Å². The first-order chi connectivity index (χ1) is 13.7. The molecule has 2 N–H and O–H groups in total. The number of rotatable bonds is 15. The molecule has 1 rings (SSSR count). The van der Waals surface area contributed by atoms with Crippen molar-refractivity contribution in [2.75, 3.05) is 46.1 Å². The largest absolute Gasteiger partial charge is 0.381 e. The monoisotopic (exact) mass is 521 g/mol. The van der Waals surface area contributed by atoms with Crippen molar-refractivity contribution in [3.63, 3.8) is 0 Å². The van der Waals surface area contributed by atoms with Gasteiger partial charge in [-0.25, -0.2) is 4.99 Å². The van der Waals surface area contributed by atoms with E-state index in [-0.39, 0.29) is 24.0 Å². The van der Waals surface area contributed by atoms with Crippen LogP contribution in [0.1, 0.15) is 45.2 Å². The fraction of sp³-hybridized carbons (Fsp3) is 0.682. The van der Waals surface area contributed by atoms with Gasteiger partial charge in [-0.15, -0.1) is 24.0 Å². The Morgan fingerprint density at radius 3 is 2.48 bits per heavy atom. The van der Waals surface area contributed by atoms with Gasteiger partial charge in [0.2, 0.25) is 0 Å². The average Bonchev–Trinajstić information content (AvgIpc) is 2.68. The van der Waals surface area contributed by atoms with Crippen molar-refractivity contribution in [2.24, 2.45) is 10.9 Å². The summed E-state index contributed by atoms with van der Waals surface area (Å²) in [6.07, 6.45) is 0.964. The van der Waals surface area contributed by atoms with Crippen LogP contribution in [0.15, 0.2) is 29.3 Å². The Morgan fingerprint density at radius 1 is 1.00 bits per heavy atom. The van der Waals surface area contributed by atoms with E-state index >= 15 is 0 Å². The van der Waals surface area contributed by atoms with Crippen LogP contribution in [0, 0.1) is 5.92 Å². The van der Waals surface area contributed by atoms with E-state index < -0.39 is 0 Å². The molecule has 0 heterocycles. The van der Waals surface area contributed by atoms with Crippen LogP contribution in [-0.2, 0) is 27.4 Å². The molecule has 0 spiro atoms. The third-order valence-electron chi connectivity index (χ3n) is 3.81. The van der Waals surface area contributed by atoms with Gasteiger partial charge in [0.15, 0.2) is 5.96 Å². The van der Waals surface area contributed by atoms with Crippen molar-refractivity contribution in [3.8, 4) is 0 Å². The summed E-state index contributed by atoms with van der Waals surface area (Å²) in [5.41, 5.74) is 2.33.